The molecule has 41 heavy (non-hydrogen) atoms. The van der Waals surface area contributed by atoms with E-state index in [4.69, 9.17) is 10.5 Å². The molecule has 2 N–H and O–H groups in total. The van der Waals surface area contributed by atoms with Crippen molar-refractivity contribution in [3.8, 4) is 16.9 Å². The lowest BCUT2D eigenvalue weighted by atomic mass is 9.67. The smallest absolute Gasteiger partial charge is 0.395 e. The summed E-state index contributed by atoms with van der Waals surface area (Å²) in [7, 11) is 0. The normalized spacial score (nSPS) is 21.5. The molecule has 2 heterocycles. The summed E-state index contributed by atoms with van der Waals surface area (Å²) in [5.41, 5.74) is 3.97. The highest BCUT2D eigenvalue weighted by molar-refractivity contribution is 5.98. The molecule has 222 valence electrons. The molecule has 0 aromatic heterocycles. The fraction of sp³-hybridized carbons (Fsp3) is 0.533. The molecule has 1 atom stereocenters. The Balaban J connectivity index is 1.15. The second kappa shape index (κ2) is 11.6. The molecule has 0 unspecified atom stereocenters. The molecule has 11 heteroatoms. The summed E-state index contributed by atoms with van der Waals surface area (Å²) >= 11 is 0. The van der Waals surface area contributed by atoms with Crippen molar-refractivity contribution < 1.29 is 36.3 Å². The molecular weight excluding hydrogens is 545 g/mol. The zero-order chi connectivity index (χ0) is 29.4. The molecule has 2 aromatic rings. The number of carbonyl (C=O) groups is 2. The fourth-order valence-corrected chi connectivity index (χ4v) is 6.22. The van der Waals surface area contributed by atoms with E-state index in [9.17, 15) is 31.5 Å². The van der Waals surface area contributed by atoms with Crippen LogP contribution in [-0.4, -0.2) is 66.6 Å². The minimum Gasteiger partial charge on any atom is -0.493 e. The highest BCUT2D eigenvalue weighted by Crippen LogP contribution is 2.53. The minimum absolute atomic E-state index is 0.0542. The van der Waals surface area contributed by atoms with Gasteiger partial charge in [-0.2, -0.15) is 13.2 Å². The number of halogens is 5. The van der Waals surface area contributed by atoms with E-state index in [1.807, 2.05) is 4.90 Å². The number of rotatable bonds is 8. The Morgan fingerprint density at radius 2 is 1.68 bits per heavy atom. The second-order valence-electron chi connectivity index (χ2n) is 11.6. The van der Waals surface area contributed by atoms with Gasteiger partial charge in [0, 0.05) is 24.7 Å². The molecule has 2 aromatic carbocycles. The molecule has 0 bridgehead atoms. The first kappa shape index (κ1) is 29.3. The molecule has 0 radical (unpaired) electrons. The van der Waals surface area contributed by atoms with E-state index in [0.717, 1.165) is 6.07 Å². The number of ether oxygens (including phenoxy) is 1. The van der Waals surface area contributed by atoms with Crippen LogP contribution in [-0.2, 0) is 4.79 Å². The first-order chi connectivity index (χ1) is 19.5. The van der Waals surface area contributed by atoms with Crippen LogP contribution >= 0.6 is 0 Å². The molecule has 3 aliphatic rings. The number of benzene rings is 2. The van der Waals surface area contributed by atoms with Gasteiger partial charge in [-0.25, -0.2) is 8.78 Å². The zero-order valence-electron chi connectivity index (χ0n) is 22.7. The third-order valence-electron chi connectivity index (χ3n) is 8.92. The summed E-state index contributed by atoms with van der Waals surface area (Å²) < 4.78 is 76.2. The Labute approximate surface area is 235 Å². The molecule has 1 saturated carbocycles. The van der Waals surface area contributed by atoms with E-state index in [1.54, 1.807) is 6.07 Å². The molecule has 3 fully saturated rings. The molecule has 2 amide bonds. The maximum atomic E-state index is 15.0. The minimum atomic E-state index is -4.17. The predicted molar refractivity (Wildman–Crippen MR) is 142 cm³/mol. The van der Waals surface area contributed by atoms with E-state index in [0.29, 0.717) is 64.1 Å². The van der Waals surface area contributed by atoms with Crippen LogP contribution in [0.25, 0.3) is 11.1 Å². The van der Waals surface area contributed by atoms with Crippen LogP contribution in [0.5, 0.6) is 5.75 Å². The van der Waals surface area contributed by atoms with Gasteiger partial charge in [-0.1, -0.05) is 12.5 Å². The number of hydrogen-bond donors (Lipinski definition) is 1. The van der Waals surface area contributed by atoms with Crippen LogP contribution in [0.4, 0.5) is 22.0 Å². The van der Waals surface area contributed by atoms with Crippen molar-refractivity contribution in [2.24, 2.45) is 17.1 Å². The van der Waals surface area contributed by atoms with Crippen LogP contribution in [0.3, 0.4) is 0 Å². The number of hydrogen-bond acceptors (Lipinski definition) is 4. The Kier molecular flexibility index (Phi) is 8.27. The Hall–Kier alpha value is -3.21. The van der Waals surface area contributed by atoms with Crippen molar-refractivity contribution in [2.45, 2.75) is 57.2 Å². The monoisotopic (exact) mass is 579 g/mol. The van der Waals surface area contributed by atoms with Crippen LogP contribution in [0.2, 0.25) is 0 Å². The van der Waals surface area contributed by atoms with Crippen molar-refractivity contribution in [2.75, 3.05) is 32.8 Å². The van der Waals surface area contributed by atoms with Crippen LogP contribution in [0, 0.1) is 23.0 Å². The maximum absolute atomic E-state index is 15.0. The van der Waals surface area contributed by atoms with Gasteiger partial charge in [0.15, 0.2) is 0 Å². The third-order valence-corrected chi connectivity index (χ3v) is 8.92. The van der Waals surface area contributed by atoms with Gasteiger partial charge in [-0.05, 0) is 87.4 Å². The average molecular weight is 580 g/mol. The van der Waals surface area contributed by atoms with E-state index in [-0.39, 0.29) is 42.0 Å². The average Bonchev–Trinajstić information content (AvgIpc) is 3.40. The number of piperidine rings is 1. The summed E-state index contributed by atoms with van der Waals surface area (Å²) in [4.78, 5) is 27.6. The number of nitrogens with zero attached hydrogens (tertiary/aromatic N) is 2. The van der Waals surface area contributed by atoms with E-state index < -0.39 is 41.1 Å². The predicted octanol–water partition coefficient (Wildman–Crippen LogP) is 5.55. The van der Waals surface area contributed by atoms with Crippen molar-refractivity contribution >= 4 is 11.8 Å². The van der Waals surface area contributed by atoms with E-state index in [2.05, 4.69) is 0 Å². The molecule has 2 saturated heterocycles. The fourth-order valence-electron chi connectivity index (χ4n) is 6.22. The molecule has 6 nitrogen and oxygen atoms in total. The summed E-state index contributed by atoms with van der Waals surface area (Å²) in [5.74, 6) is -2.26. The standard InChI is InChI=1S/C30H34F5N3O3/c31-24-15-20(4-6-23(24)28(40)38-12-1-3-26(38)27(36)39)22-7-5-21(16-25(22)32)41-17-19-8-13-37(14-9-19)18-29(10-2-11-29)30(33,34)35/h4-7,15-16,19,26H,1-3,8-14,17-18H2,(H2,36,39)/t26-/m0/s1. The number of nitrogens with two attached hydrogens (primary N) is 1. The SMILES string of the molecule is NC(=O)[C@@H]1CCCN1C(=O)c1ccc(-c2ccc(OCC3CCN(CC4(C(F)(F)F)CCC4)CC3)cc2F)cc1F. The van der Waals surface area contributed by atoms with Gasteiger partial charge in [-0.15, -0.1) is 0 Å². The van der Waals surface area contributed by atoms with Crippen LogP contribution in [0.15, 0.2) is 36.4 Å². The van der Waals surface area contributed by atoms with Crippen molar-refractivity contribution in [3.05, 3.63) is 53.6 Å². The topological polar surface area (TPSA) is 75.9 Å². The van der Waals surface area contributed by atoms with Crippen LogP contribution < -0.4 is 10.5 Å². The molecular formula is C30H34F5N3O3. The highest BCUT2D eigenvalue weighted by Gasteiger charge is 2.58. The number of carbonyl (C=O) groups excluding carboxylic acids is 2. The van der Waals surface area contributed by atoms with Gasteiger partial charge in [0.1, 0.15) is 23.4 Å². The second-order valence-corrected chi connectivity index (χ2v) is 11.6. The lowest BCUT2D eigenvalue weighted by Gasteiger charge is -2.47. The summed E-state index contributed by atoms with van der Waals surface area (Å²) in [6.45, 7) is 1.83. The summed E-state index contributed by atoms with van der Waals surface area (Å²) in [6, 6.07) is 7.31. The number of alkyl halides is 3. The van der Waals surface area contributed by atoms with Gasteiger partial charge < -0.3 is 20.3 Å². The van der Waals surface area contributed by atoms with E-state index >= 15 is 0 Å². The maximum Gasteiger partial charge on any atom is 0.395 e. The largest absolute Gasteiger partial charge is 0.493 e. The van der Waals surface area contributed by atoms with Crippen LogP contribution in [0.1, 0.15) is 55.3 Å². The number of amides is 2. The lowest BCUT2D eigenvalue weighted by molar-refractivity contribution is -0.256. The number of primary amides is 1. The summed E-state index contributed by atoms with van der Waals surface area (Å²) in [6.07, 6.45) is -0.708. The Bertz CT molecular complexity index is 1290. The van der Waals surface area contributed by atoms with Crippen molar-refractivity contribution in [3.63, 3.8) is 0 Å². The van der Waals surface area contributed by atoms with Gasteiger partial charge in [0.25, 0.3) is 5.91 Å². The Morgan fingerprint density at radius 1 is 0.951 bits per heavy atom. The first-order valence-corrected chi connectivity index (χ1v) is 14.1. The highest BCUT2D eigenvalue weighted by atomic mass is 19.4. The van der Waals surface area contributed by atoms with Gasteiger partial charge >= 0.3 is 6.18 Å². The van der Waals surface area contributed by atoms with Gasteiger partial charge in [0.05, 0.1) is 17.6 Å². The molecule has 5 rings (SSSR count). The molecule has 0 spiro atoms. The third kappa shape index (κ3) is 6.05. The van der Waals surface area contributed by atoms with E-state index in [1.165, 1.54) is 29.2 Å². The lowest BCUT2D eigenvalue weighted by Crippen LogP contribution is -2.53. The first-order valence-electron chi connectivity index (χ1n) is 14.1. The summed E-state index contributed by atoms with van der Waals surface area (Å²) in [5, 5.41) is 0. The number of likely N-dealkylation sites (tertiary alicyclic amines) is 2. The molecule has 1 aliphatic carbocycles. The van der Waals surface area contributed by atoms with Crippen molar-refractivity contribution in [1.29, 1.82) is 0 Å². The van der Waals surface area contributed by atoms with Crippen molar-refractivity contribution in [1.82, 2.24) is 9.80 Å². The Morgan fingerprint density at radius 3 is 2.27 bits per heavy atom. The zero-order valence-corrected chi connectivity index (χ0v) is 22.7. The van der Waals surface area contributed by atoms with Gasteiger partial charge in [-0.3, -0.25) is 9.59 Å². The van der Waals surface area contributed by atoms with Gasteiger partial charge in [0.2, 0.25) is 5.91 Å². The quantitative estimate of drug-likeness (QED) is 0.417. The molecule has 2 aliphatic heterocycles.